The van der Waals surface area contributed by atoms with Crippen molar-refractivity contribution in [2.45, 2.75) is 51.6 Å². The molecule has 1 saturated heterocycles. The predicted molar refractivity (Wildman–Crippen MR) is 112 cm³/mol. The van der Waals surface area contributed by atoms with Crippen LogP contribution in [0.4, 0.5) is 0 Å². The minimum absolute atomic E-state index is 0.196. The molecule has 0 saturated carbocycles. The number of fused-ring (bicyclic) bond motifs is 1. The van der Waals surface area contributed by atoms with Gasteiger partial charge in [0, 0.05) is 18.2 Å². The smallest absolute Gasteiger partial charge is 0.352 e. The second kappa shape index (κ2) is 8.91. The molecule has 168 valence electrons. The number of hydrogen-bond acceptors (Lipinski definition) is 7. The van der Waals surface area contributed by atoms with Gasteiger partial charge in [0.05, 0.1) is 16.4 Å². The van der Waals surface area contributed by atoms with Gasteiger partial charge in [0.25, 0.3) is 5.91 Å². The predicted octanol–water partition coefficient (Wildman–Crippen LogP) is 1.41. The molecule has 2 aliphatic rings. The number of aromatic nitrogens is 2. The first kappa shape index (κ1) is 23.1. The van der Waals surface area contributed by atoms with Crippen LogP contribution < -0.4 is 5.32 Å². The SMILES string of the molecule is CC[C@@H](C(=O)N[C@@H]1C(=O)N2C(C(=O)O)=C(COC(C)=O)CS[C@H]12)n1nc(C)c(Cl)c1C. The number of ether oxygens (including phenoxy) is 1. The number of carbonyl (C=O) groups is 4. The second-order valence-corrected chi connectivity index (χ2v) is 8.77. The lowest BCUT2D eigenvalue weighted by atomic mass is 10.0. The highest BCUT2D eigenvalue weighted by molar-refractivity contribution is 8.00. The van der Waals surface area contributed by atoms with Gasteiger partial charge in [-0.3, -0.25) is 24.0 Å². The third kappa shape index (κ3) is 4.16. The fourth-order valence-corrected chi connectivity index (χ4v) is 5.10. The number of carboxylic acids is 1. The van der Waals surface area contributed by atoms with Crippen molar-refractivity contribution in [3.63, 3.8) is 0 Å². The summed E-state index contributed by atoms with van der Waals surface area (Å²) in [6.07, 6.45) is 0.430. The van der Waals surface area contributed by atoms with E-state index in [9.17, 15) is 24.3 Å². The Labute approximate surface area is 187 Å². The molecule has 2 amide bonds. The summed E-state index contributed by atoms with van der Waals surface area (Å²) >= 11 is 7.50. The Morgan fingerprint density at radius 3 is 2.58 bits per heavy atom. The van der Waals surface area contributed by atoms with Gasteiger partial charge in [0.15, 0.2) is 0 Å². The van der Waals surface area contributed by atoms with Crippen molar-refractivity contribution in [1.29, 1.82) is 0 Å². The van der Waals surface area contributed by atoms with Crippen molar-refractivity contribution in [2.75, 3.05) is 12.4 Å². The van der Waals surface area contributed by atoms with E-state index in [4.69, 9.17) is 16.3 Å². The highest BCUT2D eigenvalue weighted by Crippen LogP contribution is 2.40. The third-order valence-electron chi connectivity index (χ3n) is 5.22. The van der Waals surface area contributed by atoms with Gasteiger partial charge in [-0.05, 0) is 20.3 Å². The van der Waals surface area contributed by atoms with E-state index in [1.54, 1.807) is 18.5 Å². The van der Waals surface area contributed by atoms with E-state index in [1.165, 1.54) is 18.7 Å². The van der Waals surface area contributed by atoms with Crippen LogP contribution in [0.25, 0.3) is 0 Å². The van der Waals surface area contributed by atoms with E-state index in [0.717, 1.165) is 4.90 Å². The molecular weight excluding hydrogens is 448 g/mol. The van der Waals surface area contributed by atoms with Crippen LogP contribution in [0.2, 0.25) is 5.02 Å². The van der Waals surface area contributed by atoms with E-state index in [0.29, 0.717) is 28.4 Å². The molecule has 0 aliphatic carbocycles. The molecule has 10 nitrogen and oxygen atoms in total. The number of nitrogens with zero attached hydrogens (tertiary/aromatic N) is 3. The molecule has 3 heterocycles. The molecule has 12 heteroatoms. The third-order valence-corrected chi connectivity index (χ3v) is 7.11. The van der Waals surface area contributed by atoms with Crippen molar-refractivity contribution in [3.8, 4) is 0 Å². The number of aryl methyl sites for hydroxylation is 1. The highest BCUT2D eigenvalue weighted by Gasteiger charge is 2.54. The Hall–Kier alpha value is -2.53. The van der Waals surface area contributed by atoms with Crippen molar-refractivity contribution in [3.05, 3.63) is 27.7 Å². The van der Waals surface area contributed by atoms with Gasteiger partial charge < -0.3 is 15.2 Å². The summed E-state index contributed by atoms with van der Waals surface area (Å²) in [6.45, 7) is 6.36. The average Bonchev–Trinajstić information content (AvgIpc) is 2.97. The van der Waals surface area contributed by atoms with Crippen LogP contribution in [0.15, 0.2) is 11.3 Å². The number of β-lactam (4-membered cyclic amide) rings is 1. The first-order valence-corrected chi connectivity index (χ1v) is 11.1. The zero-order chi connectivity index (χ0) is 23.0. The normalized spacial score (nSPS) is 21.3. The van der Waals surface area contributed by atoms with Crippen molar-refractivity contribution in [1.82, 2.24) is 20.0 Å². The molecule has 31 heavy (non-hydrogen) atoms. The molecule has 2 aliphatic heterocycles. The number of nitrogens with one attached hydrogen (secondary N) is 1. The molecule has 2 N–H and O–H groups in total. The van der Waals surface area contributed by atoms with Crippen molar-refractivity contribution >= 4 is 47.1 Å². The lowest BCUT2D eigenvalue weighted by molar-refractivity contribution is -0.151. The maximum Gasteiger partial charge on any atom is 0.352 e. The van der Waals surface area contributed by atoms with Gasteiger partial charge in [-0.2, -0.15) is 5.10 Å². The van der Waals surface area contributed by atoms with Crippen LogP contribution in [0.5, 0.6) is 0 Å². The Morgan fingerprint density at radius 1 is 1.39 bits per heavy atom. The number of thioether (sulfide) groups is 1. The summed E-state index contributed by atoms with van der Waals surface area (Å²) in [5, 5.41) is 16.6. The Kier molecular flexibility index (Phi) is 6.65. The highest BCUT2D eigenvalue weighted by atomic mass is 35.5. The summed E-state index contributed by atoms with van der Waals surface area (Å²) in [7, 11) is 0. The van der Waals surface area contributed by atoms with E-state index < -0.39 is 41.2 Å². The zero-order valence-electron chi connectivity index (χ0n) is 17.5. The number of hydrogen-bond donors (Lipinski definition) is 2. The first-order chi connectivity index (χ1) is 14.6. The molecule has 0 radical (unpaired) electrons. The number of carbonyl (C=O) groups excluding carboxylic acids is 3. The number of rotatable bonds is 7. The quantitative estimate of drug-likeness (QED) is 0.451. The van der Waals surface area contributed by atoms with Gasteiger partial charge in [-0.25, -0.2) is 4.79 Å². The summed E-state index contributed by atoms with van der Waals surface area (Å²) in [5.41, 5.74) is 1.40. The molecular formula is C19H23ClN4O6S. The maximum atomic E-state index is 12.9. The van der Waals surface area contributed by atoms with Crippen molar-refractivity contribution in [2.24, 2.45) is 0 Å². The van der Waals surface area contributed by atoms with E-state index in [1.807, 2.05) is 6.92 Å². The fourth-order valence-electron chi connectivity index (χ4n) is 3.65. The average molecular weight is 471 g/mol. The summed E-state index contributed by atoms with van der Waals surface area (Å²) < 4.78 is 6.46. The lowest BCUT2D eigenvalue weighted by Crippen LogP contribution is -2.71. The van der Waals surface area contributed by atoms with Crippen LogP contribution in [0.3, 0.4) is 0 Å². The minimum Gasteiger partial charge on any atom is -0.477 e. The second-order valence-electron chi connectivity index (χ2n) is 7.29. The van der Waals surface area contributed by atoms with Crippen LogP contribution in [-0.2, 0) is 23.9 Å². The number of esters is 1. The standard InChI is InChI=1S/C19H23ClN4O6S/c1-5-12(24-9(3)13(20)8(2)22-24)16(26)21-14-17(27)23-15(19(28)29)11(6-30-10(4)25)7-31-18(14)23/h12,14,18H,5-7H2,1-4H3,(H,21,26)(H,28,29)/t12-,14+,18+/m0/s1. The van der Waals surface area contributed by atoms with Crippen LogP contribution in [-0.4, -0.2) is 67.3 Å². The summed E-state index contributed by atoms with van der Waals surface area (Å²) in [4.78, 5) is 49.7. The van der Waals surface area contributed by atoms with Crippen LogP contribution >= 0.6 is 23.4 Å². The maximum absolute atomic E-state index is 12.9. The molecule has 1 aromatic rings. The van der Waals surface area contributed by atoms with Gasteiger partial charge in [0.1, 0.15) is 29.8 Å². The fraction of sp³-hybridized carbons (Fsp3) is 0.526. The number of amides is 2. The number of carboxylic acid groups (broad SMARTS) is 1. The molecule has 3 rings (SSSR count). The summed E-state index contributed by atoms with van der Waals surface area (Å²) in [6, 6.07) is -1.51. The Bertz CT molecular complexity index is 990. The van der Waals surface area contributed by atoms with Crippen LogP contribution in [0, 0.1) is 13.8 Å². The van der Waals surface area contributed by atoms with Gasteiger partial charge in [-0.15, -0.1) is 11.8 Å². The lowest BCUT2D eigenvalue weighted by Gasteiger charge is -2.49. The number of halogens is 1. The van der Waals surface area contributed by atoms with E-state index in [2.05, 4.69) is 10.4 Å². The molecule has 3 atom stereocenters. The molecule has 0 unspecified atom stereocenters. The first-order valence-electron chi connectivity index (χ1n) is 9.63. The zero-order valence-corrected chi connectivity index (χ0v) is 19.0. The van der Waals surface area contributed by atoms with E-state index >= 15 is 0 Å². The molecule has 0 spiro atoms. The van der Waals surface area contributed by atoms with Gasteiger partial charge in [-0.1, -0.05) is 18.5 Å². The molecule has 1 aromatic heterocycles. The van der Waals surface area contributed by atoms with E-state index in [-0.39, 0.29) is 18.1 Å². The van der Waals surface area contributed by atoms with Crippen LogP contribution in [0.1, 0.15) is 37.7 Å². The minimum atomic E-state index is -1.28. The van der Waals surface area contributed by atoms with Gasteiger partial charge in [0.2, 0.25) is 5.91 Å². The Morgan fingerprint density at radius 2 is 2.06 bits per heavy atom. The van der Waals surface area contributed by atoms with Gasteiger partial charge >= 0.3 is 11.9 Å². The van der Waals surface area contributed by atoms with Crippen molar-refractivity contribution < 1.29 is 29.0 Å². The largest absolute Gasteiger partial charge is 0.477 e. The molecule has 1 fully saturated rings. The Balaban J connectivity index is 1.77. The molecule has 0 bridgehead atoms. The number of aliphatic carboxylic acids is 1. The topological polar surface area (TPSA) is 131 Å². The molecule has 0 aromatic carbocycles. The monoisotopic (exact) mass is 470 g/mol. The summed E-state index contributed by atoms with van der Waals surface area (Å²) in [5.74, 6) is -2.48.